The highest BCUT2D eigenvalue weighted by Crippen LogP contribution is 2.20. The molecule has 5 nitrogen and oxygen atoms in total. The summed E-state index contributed by atoms with van der Waals surface area (Å²) < 4.78 is 1.64. The fourth-order valence-electron chi connectivity index (χ4n) is 1.97. The minimum Gasteiger partial charge on any atom is -0.370 e. The highest BCUT2D eigenvalue weighted by atomic mass is 35.5. The largest absolute Gasteiger partial charge is 0.370 e. The predicted molar refractivity (Wildman–Crippen MR) is 83.8 cm³/mol. The molecule has 0 unspecified atom stereocenters. The third kappa shape index (κ3) is 3.03. The van der Waals surface area contributed by atoms with Crippen LogP contribution in [0.3, 0.4) is 0 Å². The Balaban J connectivity index is 2.10. The summed E-state index contributed by atoms with van der Waals surface area (Å²) in [6.07, 6.45) is 3.30. The number of hydrogen-bond donors (Lipinski definition) is 1. The van der Waals surface area contributed by atoms with Gasteiger partial charge in [-0.05, 0) is 6.92 Å². The summed E-state index contributed by atoms with van der Waals surface area (Å²) in [6.45, 7) is 2.80. The Morgan fingerprint density at radius 1 is 1.19 bits per heavy atom. The molecule has 0 fully saturated rings. The van der Waals surface area contributed by atoms with Crippen LogP contribution in [0.5, 0.6) is 0 Å². The van der Waals surface area contributed by atoms with Gasteiger partial charge in [0.05, 0.1) is 17.4 Å². The lowest BCUT2D eigenvalue weighted by molar-refractivity contribution is 0.842. The van der Waals surface area contributed by atoms with Gasteiger partial charge < -0.3 is 5.32 Å². The molecule has 0 atom stereocenters. The summed E-state index contributed by atoms with van der Waals surface area (Å²) in [4.78, 5) is 9.09. The number of nitrogens with zero attached hydrogens (tertiary/aromatic N) is 4. The Kier molecular flexibility index (Phi) is 3.83. The van der Waals surface area contributed by atoms with Gasteiger partial charge in [0.15, 0.2) is 11.6 Å². The molecule has 2 heterocycles. The van der Waals surface area contributed by atoms with Crippen LogP contribution in [-0.4, -0.2) is 26.3 Å². The monoisotopic (exact) mass is 299 g/mol. The van der Waals surface area contributed by atoms with Gasteiger partial charge in [0.2, 0.25) is 0 Å². The first-order chi connectivity index (χ1) is 10.3. The second-order valence-corrected chi connectivity index (χ2v) is 4.87. The topological polar surface area (TPSA) is 55.6 Å². The molecule has 0 aliphatic carbocycles. The summed E-state index contributed by atoms with van der Waals surface area (Å²) in [7, 11) is 0. The molecule has 0 radical (unpaired) electrons. The zero-order chi connectivity index (χ0) is 14.7. The van der Waals surface area contributed by atoms with E-state index >= 15 is 0 Å². The number of rotatable bonds is 4. The van der Waals surface area contributed by atoms with Crippen LogP contribution in [0.25, 0.3) is 17.2 Å². The van der Waals surface area contributed by atoms with Crippen molar-refractivity contribution in [2.75, 3.05) is 11.9 Å². The first-order valence-corrected chi connectivity index (χ1v) is 7.03. The van der Waals surface area contributed by atoms with Crippen LogP contribution in [0.15, 0.2) is 48.8 Å². The van der Waals surface area contributed by atoms with Crippen molar-refractivity contribution in [2.45, 2.75) is 6.92 Å². The number of anilines is 1. The Bertz CT molecular complexity index is 739. The minimum absolute atomic E-state index is 0.569. The number of benzene rings is 1. The van der Waals surface area contributed by atoms with Gasteiger partial charge in [0.1, 0.15) is 5.82 Å². The molecule has 0 aliphatic heterocycles. The van der Waals surface area contributed by atoms with Gasteiger partial charge in [-0.1, -0.05) is 41.9 Å². The molecule has 0 bridgehead atoms. The molecule has 0 amide bonds. The van der Waals surface area contributed by atoms with Gasteiger partial charge in [0, 0.05) is 18.2 Å². The molecular formula is C15H14ClN5. The standard InChI is InChI=1S/C15H14ClN5/c1-2-17-13-8-14(21-10-12(16)9-18-21)20-15(19-13)11-6-4-3-5-7-11/h3-10H,2H2,1H3,(H,17,19,20). The van der Waals surface area contributed by atoms with Crippen molar-refractivity contribution in [2.24, 2.45) is 0 Å². The number of aromatic nitrogens is 4. The lowest BCUT2D eigenvalue weighted by Gasteiger charge is -2.09. The molecular weight excluding hydrogens is 286 g/mol. The Labute approximate surface area is 127 Å². The SMILES string of the molecule is CCNc1cc(-n2cc(Cl)cn2)nc(-c2ccccc2)n1. The van der Waals surface area contributed by atoms with E-state index in [1.807, 2.05) is 43.3 Å². The van der Waals surface area contributed by atoms with Crippen molar-refractivity contribution in [1.82, 2.24) is 19.7 Å². The van der Waals surface area contributed by atoms with Crippen molar-refractivity contribution >= 4 is 17.4 Å². The molecule has 6 heteroatoms. The van der Waals surface area contributed by atoms with Crippen molar-refractivity contribution in [1.29, 1.82) is 0 Å². The fourth-order valence-corrected chi connectivity index (χ4v) is 2.10. The Morgan fingerprint density at radius 2 is 2.00 bits per heavy atom. The van der Waals surface area contributed by atoms with Crippen molar-refractivity contribution in [3.05, 3.63) is 53.8 Å². The average Bonchev–Trinajstić information content (AvgIpc) is 2.95. The van der Waals surface area contributed by atoms with Crippen molar-refractivity contribution < 1.29 is 0 Å². The molecule has 1 aromatic carbocycles. The molecule has 0 saturated carbocycles. The first kappa shape index (κ1) is 13.6. The maximum Gasteiger partial charge on any atom is 0.163 e. The Hall–Kier alpha value is -2.40. The van der Waals surface area contributed by atoms with Gasteiger partial charge in [-0.2, -0.15) is 5.10 Å². The summed E-state index contributed by atoms with van der Waals surface area (Å²) >= 11 is 5.93. The zero-order valence-corrected chi connectivity index (χ0v) is 12.2. The van der Waals surface area contributed by atoms with Crippen LogP contribution in [0.1, 0.15) is 6.92 Å². The molecule has 106 valence electrons. The van der Waals surface area contributed by atoms with Crippen LogP contribution >= 0.6 is 11.6 Å². The van der Waals surface area contributed by atoms with Crippen LogP contribution in [0, 0.1) is 0 Å². The lowest BCUT2D eigenvalue weighted by atomic mass is 10.2. The van der Waals surface area contributed by atoms with Crippen molar-refractivity contribution in [3.63, 3.8) is 0 Å². The summed E-state index contributed by atoms with van der Waals surface area (Å²) in [5.74, 6) is 2.08. The van der Waals surface area contributed by atoms with E-state index in [0.717, 1.165) is 17.9 Å². The smallest absolute Gasteiger partial charge is 0.163 e. The van der Waals surface area contributed by atoms with Gasteiger partial charge >= 0.3 is 0 Å². The lowest BCUT2D eigenvalue weighted by Crippen LogP contribution is -2.06. The second kappa shape index (κ2) is 5.93. The van der Waals surface area contributed by atoms with Crippen LogP contribution in [0.4, 0.5) is 5.82 Å². The van der Waals surface area contributed by atoms with Gasteiger partial charge in [-0.25, -0.2) is 14.6 Å². The maximum atomic E-state index is 5.93. The van der Waals surface area contributed by atoms with E-state index in [-0.39, 0.29) is 0 Å². The summed E-state index contributed by atoms with van der Waals surface area (Å²) in [5.41, 5.74) is 0.955. The zero-order valence-electron chi connectivity index (χ0n) is 11.5. The van der Waals surface area contributed by atoms with E-state index < -0.39 is 0 Å². The van der Waals surface area contributed by atoms with E-state index in [1.165, 1.54) is 0 Å². The van der Waals surface area contributed by atoms with E-state index in [1.54, 1.807) is 17.1 Å². The molecule has 1 N–H and O–H groups in total. The third-order valence-electron chi connectivity index (χ3n) is 2.89. The molecule has 0 spiro atoms. The highest BCUT2D eigenvalue weighted by molar-refractivity contribution is 6.30. The second-order valence-electron chi connectivity index (χ2n) is 4.43. The normalized spacial score (nSPS) is 10.6. The third-order valence-corrected chi connectivity index (χ3v) is 3.08. The molecule has 3 rings (SSSR count). The van der Waals surface area contributed by atoms with E-state index in [2.05, 4.69) is 20.4 Å². The van der Waals surface area contributed by atoms with E-state index in [0.29, 0.717) is 16.7 Å². The molecule has 0 saturated heterocycles. The average molecular weight is 300 g/mol. The fraction of sp³-hybridized carbons (Fsp3) is 0.133. The van der Waals surface area contributed by atoms with Crippen molar-refractivity contribution in [3.8, 4) is 17.2 Å². The quantitative estimate of drug-likeness (QED) is 0.802. The van der Waals surface area contributed by atoms with Crippen LogP contribution in [0.2, 0.25) is 5.02 Å². The Morgan fingerprint density at radius 3 is 2.67 bits per heavy atom. The predicted octanol–water partition coefficient (Wildman–Crippen LogP) is 3.41. The number of hydrogen-bond acceptors (Lipinski definition) is 4. The molecule has 21 heavy (non-hydrogen) atoms. The van der Waals surface area contributed by atoms with Gasteiger partial charge in [-0.15, -0.1) is 0 Å². The number of halogens is 1. The van der Waals surface area contributed by atoms with E-state index in [9.17, 15) is 0 Å². The van der Waals surface area contributed by atoms with Gasteiger partial charge in [0.25, 0.3) is 0 Å². The minimum atomic E-state index is 0.569. The number of nitrogens with one attached hydrogen (secondary N) is 1. The van der Waals surface area contributed by atoms with Crippen LogP contribution < -0.4 is 5.32 Å². The summed E-state index contributed by atoms with van der Waals surface area (Å²) in [6, 6.07) is 11.7. The molecule has 2 aromatic heterocycles. The van der Waals surface area contributed by atoms with Crippen LogP contribution in [-0.2, 0) is 0 Å². The molecule has 0 aliphatic rings. The van der Waals surface area contributed by atoms with Gasteiger partial charge in [-0.3, -0.25) is 0 Å². The highest BCUT2D eigenvalue weighted by Gasteiger charge is 2.09. The first-order valence-electron chi connectivity index (χ1n) is 6.65. The van der Waals surface area contributed by atoms with E-state index in [4.69, 9.17) is 11.6 Å². The molecule has 3 aromatic rings. The summed E-state index contributed by atoms with van der Waals surface area (Å²) in [5, 5.41) is 7.97. The maximum absolute atomic E-state index is 5.93.